The summed E-state index contributed by atoms with van der Waals surface area (Å²) in [4.78, 5) is 26.6. The highest BCUT2D eigenvalue weighted by Gasteiger charge is 2.75. The predicted octanol–water partition coefficient (Wildman–Crippen LogP) is 4.26. The minimum atomic E-state index is -0.345. The first-order valence-corrected chi connectivity index (χ1v) is 10.6. The number of para-hydroxylation sites is 1. The number of nitrogens with zero attached hydrogens (tertiary/aromatic N) is 1. The average molecular weight is 462 g/mol. The maximum atomic E-state index is 13.3. The fourth-order valence-corrected chi connectivity index (χ4v) is 6.47. The molecule has 2 N–H and O–H groups in total. The normalized spacial score (nSPS) is 36.2. The van der Waals surface area contributed by atoms with Gasteiger partial charge >= 0.3 is 0 Å². The van der Waals surface area contributed by atoms with Crippen molar-refractivity contribution >= 4 is 50.8 Å². The van der Waals surface area contributed by atoms with Crippen LogP contribution in [0.1, 0.15) is 34.6 Å². The van der Waals surface area contributed by atoms with Crippen LogP contribution in [0, 0.1) is 28.6 Å². The Morgan fingerprint density at radius 3 is 2.07 bits per heavy atom. The highest BCUT2D eigenvalue weighted by Crippen LogP contribution is 2.73. The number of rotatable bonds is 2. The number of allylic oxidation sites excluding steroid dienone is 2. The highest BCUT2D eigenvalue weighted by atomic mass is 79.9. The van der Waals surface area contributed by atoms with Gasteiger partial charge in [-0.2, -0.15) is 5.01 Å². The van der Waals surface area contributed by atoms with Crippen LogP contribution in [0.3, 0.4) is 0 Å². The van der Waals surface area contributed by atoms with Crippen molar-refractivity contribution in [1.29, 1.82) is 0 Å². The molecule has 1 aromatic carbocycles. The number of carbonyl (C=O) groups excluding carboxylic acids is 2. The Morgan fingerprint density at radius 1 is 1.07 bits per heavy atom. The summed E-state index contributed by atoms with van der Waals surface area (Å²) in [6, 6.07) is 7.53. The molecule has 1 saturated carbocycles. The van der Waals surface area contributed by atoms with Gasteiger partial charge in [-0.3, -0.25) is 15.0 Å². The van der Waals surface area contributed by atoms with Crippen LogP contribution >= 0.6 is 28.1 Å². The number of carbonyl (C=O) groups is 2. The standard InChI is InChI=1S/C21H24BrN3O2S/c1-10-11(2)21(5)12(3)20(10,4)15-16(21)18(27)25(17(15)26)24-19(28)23-14-9-7-6-8-13(14)22/h6-9,12,15-16H,1-5H3,(H2,23,24,28). The van der Waals surface area contributed by atoms with E-state index in [-0.39, 0.29) is 45.5 Å². The monoisotopic (exact) mass is 461 g/mol. The van der Waals surface area contributed by atoms with Gasteiger partial charge in [-0.1, -0.05) is 44.1 Å². The molecule has 2 aliphatic carbocycles. The van der Waals surface area contributed by atoms with Crippen molar-refractivity contribution < 1.29 is 9.59 Å². The number of hydrogen-bond donors (Lipinski definition) is 2. The molecule has 1 saturated heterocycles. The first kappa shape index (κ1) is 19.6. The van der Waals surface area contributed by atoms with Crippen LogP contribution in [-0.2, 0) is 9.59 Å². The van der Waals surface area contributed by atoms with Gasteiger partial charge in [0.25, 0.3) is 11.8 Å². The van der Waals surface area contributed by atoms with Crippen LogP contribution in [0.2, 0.25) is 0 Å². The molecular formula is C21H24BrN3O2S. The Hall–Kier alpha value is -1.73. The topological polar surface area (TPSA) is 61.4 Å². The van der Waals surface area contributed by atoms with Crippen molar-refractivity contribution in [2.45, 2.75) is 34.6 Å². The third kappa shape index (κ3) is 2.20. The van der Waals surface area contributed by atoms with E-state index in [1.54, 1.807) is 0 Å². The lowest BCUT2D eigenvalue weighted by Crippen LogP contribution is -2.50. The lowest BCUT2D eigenvalue weighted by molar-refractivity contribution is -0.144. The lowest BCUT2D eigenvalue weighted by Gasteiger charge is -2.34. The number of halogens is 1. The summed E-state index contributed by atoms with van der Waals surface area (Å²) in [6.07, 6.45) is 0. The SMILES string of the molecule is CC1=C(C)C2(C)C3C(=O)N(NC(=S)Nc4ccccc4Br)C(=O)C3C1(C)C2C. The second kappa shape index (κ2) is 6.13. The van der Waals surface area contributed by atoms with Gasteiger partial charge in [0.05, 0.1) is 17.5 Å². The molecule has 148 valence electrons. The first-order chi connectivity index (χ1) is 13.1. The van der Waals surface area contributed by atoms with Crippen LogP contribution < -0.4 is 10.7 Å². The van der Waals surface area contributed by atoms with E-state index in [2.05, 4.69) is 61.3 Å². The van der Waals surface area contributed by atoms with Crippen molar-refractivity contribution in [3.63, 3.8) is 0 Å². The summed E-state index contributed by atoms with van der Waals surface area (Å²) in [5.41, 5.74) is 5.51. The minimum Gasteiger partial charge on any atom is -0.330 e. The zero-order valence-corrected chi connectivity index (χ0v) is 19.0. The van der Waals surface area contributed by atoms with Crippen LogP contribution in [0.25, 0.3) is 0 Å². The van der Waals surface area contributed by atoms with E-state index < -0.39 is 0 Å². The number of anilines is 1. The number of hydrazine groups is 1. The second-order valence-corrected chi connectivity index (χ2v) is 9.81. The largest absolute Gasteiger partial charge is 0.330 e. The van der Waals surface area contributed by atoms with E-state index in [1.807, 2.05) is 24.3 Å². The van der Waals surface area contributed by atoms with Gasteiger partial charge in [-0.25, -0.2) is 0 Å². The third-order valence-electron chi connectivity index (χ3n) is 7.91. The molecule has 5 nitrogen and oxygen atoms in total. The molecule has 1 aromatic rings. The average Bonchev–Trinajstić information content (AvgIpc) is 3.06. The molecule has 28 heavy (non-hydrogen) atoms. The summed E-state index contributed by atoms with van der Waals surface area (Å²) in [5, 5.41) is 4.39. The molecule has 4 rings (SSSR count). The number of amides is 2. The molecule has 3 aliphatic rings. The lowest BCUT2D eigenvalue weighted by atomic mass is 9.66. The summed E-state index contributed by atoms with van der Waals surface area (Å²) < 4.78 is 0.845. The Kier molecular flexibility index (Phi) is 4.29. The van der Waals surface area contributed by atoms with E-state index in [0.717, 1.165) is 15.2 Å². The van der Waals surface area contributed by atoms with Crippen molar-refractivity contribution in [1.82, 2.24) is 10.4 Å². The van der Waals surface area contributed by atoms with Gasteiger partial charge in [0.2, 0.25) is 0 Å². The Balaban J connectivity index is 1.61. The van der Waals surface area contributed by atoms with Gasteiger partial charge < -0.3 is 5.32 Å². The van der Waals surface area contributed by atoms with Gasteiger partial charge in [0, 0.05) is 15.3 Å². The molecule has 0 radical (unpaired) electrons. The van der Waals surface area contributed by atoms with Crippen LogP contribution in [0.4, 0.5) is 5.69 Å². The van der Waals surface area contributed by atoms with Crippen molar-refractivity contribution in [3.8, 4) is 0 Å². The maximum absolute atomic E-state index is 13.3. The second-order valence-electron chi connectivity index (χ2n) is 8.55. The molecule has 7 heteroatoms. The number of fused-ring (bicyclic) bond motifs is 5. The van der Waals surface area contributed by atoms with Gasteiger partial charge in [0.1, 0.15) is 0 Å². The number of benzene rings is 1. The predicted molar refractivity (Wildman–Crippen MR) is 116 cm³/mol. The molecule has 4 unspecified atom stereocenters. The van der Waals surface area contributed by atoms with Crippen molar-refractivity contribution in [2.75, 3.05) is 5.32 Å². The number of hydrogen-bond acceptors (Lipinski definition) is 3. The zero-order valence-electron chi connectivity index (χ0n) is 16.6. The van der Waals surface area contributed by atoms with Crippen LogP contribution in [0.5, 0.6) is 0 Å². The van der Waals surface area contributed by atoms with E-state index >= 15 is 0 Å². The van der Waals surface area contributed by atoms with E-state index in [1.165, 1.54) is 11.1 Å². The van der Waals surface area contributed by atoms with Crippen molar-refractivity contribution in [2.24, 2.45) is 28.6 Å². The number of thiocarbonyl (C=S) groups is 1. The summed E-state index contributed by atoms with van der Waals surface area (Å²) in [6.45, 7) is 10.7. The Labute approximate surface area is 179 Å². The Morgan fingerprint density at radius 2 is 1.57 bits per heavy atom. The maximum Gasteiger partial charge on any atom is 0.253 e. The van der Waals surface area contributed by atoms with E-state index in [0.29, 0.717) is 0 Å². The number of nitrogens with one attached hydrogen (secondary N) is 2. The molecule has 2 amide bonds. The molecule has 2 bridgehead atoms. The van der Waals surface area contributed by atoms with E-state index in [9.17, 15) is 9.59 Å². The molecular weight excluding hydrogens is 438 g/mol. The van der Waals surface area contributed by atoms with Crippen molar-refractivity contribution in [3.05, 3.63) is 39.9 Å². The van der Waals surface area contributed by atoms with Crippen LogP contribution in [-0.4, -0.2) is 21.9 Å². The molecule has 0 aromatic heterocycles. The van der Waals surface area contributed by atoms with Gasteiger partial charge in [0.15, 0.2) is 5.11 Å². The van der Waals surface area contributed by atoms with Gasteiger partial charge in [-0.05, 0) is 60.0 Å². The Bertz CT molecular complexity index is 917. The van der Waals surface area contributed by atoms with E-state index in [4.69, 9.17) is 12.2 Å². The molecule has 2 fully saturated rings. The summed E-state index contributed by atoms with van der Waals surface area (Å²) in [5.74, 6) is -0.812. The highest BCUT2D eigenvalue weighted by molar-refractivity contribution is 9.10. The fourth-order valence-electron chi connectivity index (χ4n) is 5.89. The third-order valence-corrected chi connectivity index (χ3v) is 8.80. The summed E-state index contributed by atoms with van der Waals surface area (Å²) >= 11 is 8.83. The molecule has 0 spiro atoms. The quantitative estimate of drug-likeness (QED) is 0.391. The fraction of sp³-hybridized carbons (Fsp3) is 0.476. The molecule has 1 heterocycles. The van der Waals surface area contributed by atoms with Crippen LogP contribution in [0.15, 0.2) is 39.9 Å². The number of imide groups is 1. The molecule has 1 aliphatic heterocycles. The summed E-state index contributed by atoms with van der Waals surface area (Å²) in [7, 11) is 0. The zero-order chi connectivity index (χ0) is 20.6. The first-order valence-electron chi connectivity index (χ1n) is 9.44. The van der Waals surface area contributed by atoms with Gasteiger partial charge in [-0.15, -0.1) is 0 Å². The smallest absolute Gasteiger partial charge is 0.253 e. The minimum absolute atomic E-state index is 0.184. The molecule has 4 atom stereocenters.